The second-order valence-electron chi connectivity index (χ2n) is 6.56. The van der Waals surface area contributed by atoms with Gasteiger partial charge in [0, 0.05) is 25.4 Å². The van der Waals surface area contributed by atoms with Crippen molar-refractivity contribution in [2.45, 2.75) is 59.0 Å². The molecule has 6 nitrogen and oxygen atoms in total. The number of aromatic nitrogens is 2. The Morgan fingerprint density at radius 2 is 1.93 bits per heavy atom. The van der Waals surface area contributed by atoms with Gasteiger partial charge in [0.15, 0.2) is 11.5 Å². The molecule has 1 amide bonds. The van der Waals surface area contributed by atoms with Gasteiger partial charge in [-0.25, -0.2) is 0 Å². The van der Waals surface area contributed by atoms with Gasteiger partial charge >= 0.3 is 0 Å². The van der Waals surface area contributed by atoms with Crippen LogP contribution in [0.15, 0.2) is 36.7 Å². The minimum atomic E-state index is -0.0913. The first kappa shape index (κ1) is 20.8. The van der Waals surface area contributed by atoms with Crippen molar-refractivity contribution < 1.29 is 14.3 Å². The maximum atomic E-state index is 12.2. The Morgan fingerprint density at radius 1 is 1.19 bits per heavy atom. The van der Waals surface area contributed by atoms with E-state index < -0.39 is 0 Å². The van der Waals surface area contributed by atoms with E-state index in [9.17, 15) is 4.79 Å². The molecule has 1 heterocycles. The van der Waals surface area contributed by atoms with Crippen LogP contribution in [0, 0.1) is 0 Å². The van der Waals surface area contributed by atoms with E-state index in [0.717, 1.165) is 42.9 Å². The van der Waals surface area contributed by atoms with E-state index in [1.807, 2.05) is 42.1 Å². The third-order valence-electron chi connectivity index (χ3n) is 4.12. The van der Waals surface area contributed by atoms with Crippen LogP contribution in [-0.4, -0.2) is 28.9 Å². The number of hydrogen-bond acceptors (Lipinski definition) is 4. The molecule has 0 aliphatic heterocycles. The Bertz CT molecular complexity index is 686. The van der Waals surface area contributed by atoms with Crippen LogP contribution in [0.25, 0.3) is 0 Å². The van der Waals surface area contributed by atoms with Crippen molar-refractivity contribution in [3.63, 3.8) is 0 Å². The molecule has 1 atom stereocenters. The molecule has 1 aromatic heterocycles. The average Bonchev–Trinajstić information content (AvgIpc) is 3.18. The van der Waals surface area contributed by atoms with Crippen molar-refractivity contribution in [2.24, 2.45) is 0 Å². The lowest BCUT2D eigenvalue weighted by Crippen LogP contribution is -2.26. The summed E-state index contributed by atoms with van der Waals surface area (Å²) < 4.78 is 13.4. The molecule has 0 bridgehead atoms. The van der Waals surface area contributed by atoms with E-state index in [1.165, 1.54) is 0 Å². The van der Waals surface area contributed by atoms with Gasteiger partial charge in [0.2, 0.25) is 5.91 Å². The summed E-state index contributed by atoms with van der Waals surface area (Å²) in [6, 6.07) is 7.67. The molecule has 1 N–H and O–H groups in total. The number of hydrogen-bond donors (Lipinski definition) is 1. The lowest BCUT2D eigenvalue weighted by Gasteiger charge is -2.18. The van der Waals surface area contributed by atoms with Gasteiger partial charge in [0.25, 0.3) is 0 Å². The molecule has 0 radical (unpaired) electrons. The fourth-order valence-electron chi connectivity index (χ4n) is 2.68. The molecule has 1 aromatic carbocycles. The highest BCUT2D eigenvalue weighted by Gasteiger charge is 2.13. The van der Waals surface area contributed by atoms with Gasteiger partial charge in [-0.2, -0.15) is 5.10 Å². The van der Waals surface area contributed by atoms with Crippen LogP contribution >= 0.6 is 0 Å². The number of carbonyl (C=O) groups is 1. The van der Waals surface area contributed by atoms with Gasteiger partial charge in [-0.3, -0.25) is 9.48 Å². The van der Waals surface area contributed by atoms with Crippen molar-refractivity contribution >= 4 is 5.91 Å². The third kappa shape index (κ3) is 6.96. The minimum absolute atomic E-state index is 0.0389. The summed E-state index contributed by atoms with van der Waals surface area (Å²) in [5.74, 6) is 1.53. The Kier molecular flexibility index (Phi) is 8.68. The van der Waals surface area contributed by atoms with Gasteiger partial charge in [-0.05, 0) is 49.9 Å². The number of amides is 1. The van der Waals surface area contributed by atoms with E-state index in [1.54, 1.807) is 6.20 Å². The maximum Gasteiger partial charge on any atom is 0.220 e. The molecule has 27 heavy (non-hydrogen) atoms. The number of benzene rings is 1. The van der Waals surface area contributed by atoms with Crippen molar-refractivity contribution in [1.82, 2.24) is 15.1 Å². The number of ether oxygens (including phenoxy) is 2. The molecular weight excluding hydrogens is 342 g/mol. The summed E-state index contributed by atoms with van der Waals surface area (Å²) >= 11 is 0. The van der Waals surface area contributed by atoms with Gasteiger partial charge in [-0.1, -0.05) is 19.9 Å². The zero-order valence-electron chi connectivity index (χ0n) is 16.6. The predicted octanol–water partition coefficient (Wildman–Crippen LogP) is 4.12. The van der Waals surface area contributed by atoms with Crippen molar-refractivity contribution in [3.05, 3.63) is 42.2 Å². The van der Waals surface area contributed by atoms with E-state index in [0.29, 0.717) is 19.6 Å². The third-order valence-corrected chi connectivity index (χ3v) is 4.12. The molecule has 1 unspecified atom stereocenters. The van der Waals surface area contributed by atoms with Gasteiger partial charge in [0.1, 0.15) is 0 Å². The highest BCUT2D eigenvalue weighted by Crippen LogP contribution is 2.31. The molecule has 2 rings (SSSR count). The summed E-state index contributed by atoms with van der Waals surface area (Å²) in [5.41, 5.74) is 1.00. The quantitative estimate of drug-likeness (QED) is 0.608. The number of rotatable bonds is 12. The highest BCUT2D eigenvalue weighted by atomic mass is 16.5. The molecule has 0 aliphatic rings. The average molecular weight is 373 g/mol. The van der Waals surface area contributed by atoms with Crippen molar-refractivity contribution in [3.8, 4) is 11.5 Å². The largest absolute Gasteiger partial charge is 0.490 e. The van der Waals surface area contributed by atoms with Crippen LogP contribution in [0.2, 0.25) is 0 Å². The minimum Gasteiger partial charge on any atom is -0.490 e. The Morgan fingerprint density at radius 3 is 2.59 bits per heavy atom. The molecule has 0 aliphatic carbocycles. The Labute approximate surface area is 161 Å². The smallest absolute Gasteiger partial charge is 0.220 e. The molecule has 6 heteroatoms. The Hall–Kier alpha value is -2.50. The van der Waals surface area contributed by atoms with Gasteiger partial charge in [-0.15, -0.1) is 0 Å². The first-order valence-corrected chi connectivity index (χ1v) is 9.80. The van der Waals surface area contributed by atoms with Crippen LogP contribution in [0.3, 0.4) is 0 Å². The highest BCUT2D eigenvalue weighted by molar-refractivity contribution is 5.76. The summed E-state index contributed by atoms with van der Waals surface area (Å²) in [4.78, 5) is 12.2. The molecule has 0 saturated carbocycles. The van der Waals surface area contributed by atoms with Crippen LogP contribution in [0.1, 0.15) is 58.1 Å². The molecule has 0 fully saturated rings. The Balaban J connectivity index is 1.91. The molecule has 2 aromatic rings. The first-order valence-electron chi connectivity index (χ1n) is 9.80. The normalized spacial score (nSPS) is 11.8. The van der Waals surface area contributed by atoms with Gasteiger partial charge in [0.05, 0.1) is 19.3 Å². The SMILES string of the molecule is CCCOc1ccc(C(C)NC(=O)CCCn2cccn2)cc1OCCC. The number of carbonyl (C=O) groups excluding carboxylic acids is 1. The number of nitrogens with one attached hydrogen (secondary N) is 1. The number of nitrogens with zero attached hydrogens (tertiary/aromatic N) is 2. The second kappa shape index (κ2) is 11.3. The lowest BCUT2D eigenvalue weighted by atomic mass is 10.1. The second-order valence-corrected chi connectivity index (χ2v) is 6.56. The zero-order valence-corrected chi connectivity index (χ0v) is 16.6. The topological polar surface area (TPSA) is 65.4 Å². The summed E-state index contributed by atoms with van der Waals surface area (Å²) in [5, 5.41) is 7.20. The standard InChI is InChI=1S/C21H31N3O3/c1-4-14-26-19-10-9-18(16-20(19)27-15-5-2)17(3)23-21(25)8-6-12-24-13-7-11-22-24/h7,9-11,13,16-17H,4-6,8,12,14-15H2,1-3H3,(H,23,25). The molecule has 0 saturated heterocycles. The van der Waals surface area contributed by atoms with Gasteiger partial charge < -0.3 is 14.8 Å². The van der Waals surface area contributed by atoms with E-state index in [4.69, 9.17) is 9.47 Å². The molecular formula is C21H31N3O3. The fourth-order valence-corrected chi connectivity index (χ4v) is 2.68. The van der Waals surface area contributed by atoms with Crippen LogP contribution in [0.4, 0.5) is 0 Å². The zero-order chi connectivity index (χ0) is 19.5. The van der Waals surface area contributed by atoms with E-state index >= 15 is 0 Å². The van der Waals surface area contributed by atoms with Crippen LogP contribution in [0.5, 0.6) is 11.5 Å². The molecule has 148 valence electrons. The van der Waals surface area contributed by atoms with Crippen molar-refractivity contribution in [2.75, 3.05) is 13.2 Å². The summed E-state index contributed by atoms with van der Waals surface area (Å²) in [6.07, 6.45) is 6.75. The summed E-state index contributed by atoms with van der Waals surface area (Å²) in [7, 11) is 0. The van der Waals surface area contributed by atoms with Crippen LogP contribution < -0.4 is 14.8 Å². The van der Waals surface area contributed by atoms with Crippen LogP contribution in [-0.2, 0) is 11.3 Å². The lowest BCUT2D eigenvalue weighted by molar-refractivity contribution is -0.121. The van der Waals surface area contributed by atoms with E-state index in [-0.39, 0.29) is 11.9 Å². The fraction of sp³-hybridized carbons (Fsp3) is 0.524. The maximum absolute atomic E-state index is 12.2. The monoisotopic (exact) mass is 373 g/mol. The molecule has 0 spiro atoms. The predicted molar refractivity (Wildman–Crippen MR) is 106 cm³/mol. The number of aryl methyl sites for hydroxylation is 1. The van der Waals surface area contributed by atoms with E-state index in [2.05, 4.69) is 24.3 Å². The van der Waals surface area contributed by atoms with Crippen molar-refractivity contribution in [1.29, 1.82) is 0 Å². The summed E-state index contributed by atoms with van der Waals surface area (Å²) in [6.45, 7) is 8.17. The first-order chi connectivity index (χ1) is 13.1.